The number of amides is 4. The first-order chi connectivity index (χ1) is 20.2. The molecule has 1 rings (SSSR count). The van der Waals surface area contributed by atoms with Crippen LogP contribution >= 0.6 is 0 Å². The quantitative estimate of drug-likeness (QED) is 0.155. The van der Waals surface area contributed by atoms with E-state index >= 15 is 0 Å². The molecule has 0 spiro atoms. The van der Waals surface area contributed by atoms with Crippen molar-refractivity contribution in [3.05, 3.63) is 23.8 Å². The van der Waals surface area contributed by atoms with E-state index in [0.717, 1.165) is 0 Å². The van der Waals surface area contributed by atoms with E-state index in [1.165, 1.54) is 18.2 Å². The van der Waals surface area contributed by atoms with Gasteiger partial charge in [-0.3, -0.25) is 19.2 Å². The van der Waals surface area contributed by atoms with E-state index in [2.05, 4.69) is 21.3 Å². The molecule has 0 heterocycles. The first-order valence-corrected chi connectivity index (χ1v) is 15.0. The average Bonchev–Trinajstić information content (AvgIpc) is 2.92. The van der Waals surface area contributed by atoms with Gasteiger partial charge < -0.3 is 40.2 Å². The molecule has 0 saturated heterocycles. The Bertz CT molecular complexity index is 984. The van der Waals surface area contributed by atoms with E-state index in [0.29, 0.717) is 39.1 Å². The fraction of sp³-hybridized carbons (Fsp3) is 0.677. The number of ether oxygens (including phenoxy) is 4. The lowest BCUT2D eigenvalue weighted by molar-refractivity contribution is -0.124. The summed E-state index contributed by atoms with van der Waals surface area (Å²) in [6, 6.07) is 4.48. The highest BCUT2D eigenvalue weighted by molar-refractivity contribution is 5.95. The molecule has 12 nitrogen and oxygen atoms in total. The SMILES string of the molecule is CCOC(C)(C)CCNC(=O)COc1cc(OCC(=O)NCCC(C)(C)OCC)cc(C(=O)NCCNC(=O)C(C)C)c1. The maximum absolute atomic E-state index is 12.9. The zero-order valence-electron chi connectivity index (χ0n) is 27.1. The molecule has 0 atom stereocenters. The lowest BCUT2D eigenvalue weighted by Crippen LogP contribution is -2.36. The Morgan fingerprint density at radius 3 is 1.53 bits per heavy atom. The maximum atomic E-state index is 12.9. The molecule has 244 valence electrons. The minimum absolute atomic E-state index is 0.111. The van der Waals surface area contributed by atoms with Gasteiger partial charge in [0.2, 0.25) is 5.91 Å². The number of rotatable bonds is 21. The first kappa shape index (κ1) is 37.6. The van der Waals surface area contributed by atoms with E-state index in [9.17, 15) is 19.2 Å². The number of hydrogen-bond acceptors (Lipinski definition) is 8. The summed E-state index contributed by atoms with van der Waals surface area (Å²) in [6.07, 6.45) is 1.26. The number of nitrogens with one attached hydrogen (secondary N) is 4. The zero-order valence-corrected chi connectivity index (χ0v) is 27.1. The van der Waals surface area contributed by atoms with Gasteiger partial charge in [0.1, 0.15) is 11.5 Å². The highest BCUT2D eigenvalue weighted by atomic mass is 16.5. The molecular formula is C31H52N4O8. The van der Waals surface area contributed by atoms with Crippen LogP contribution in [0.4, 0.5) is 0 Å². The van der Waals surface area contributed by atoms with Crippen LogP contribution in [-0.2, 0) is 23.9 Å². The summed E-state index contributed by atoms with van der Waals surface area (Å²) in [5, 5.41) is 11.1. The second-order valence-electron chi connectivity index (χ2n) is 11.6. The Labute approximate surface area is 256 Å². The van der Waals surface area contributed by atoms with Crippen molar-refractivity contribution in [2.45, 2.75) is 79.4 Å². The summed E-state index contributed by atoms with van der Waals surface area (Å²) in [5.41, 5.74) is -0.513. The topological polar surface area (TPSA) is 153 Å². The Morgan fingerprint density at radius 1 is 0.674 bits per heavy atom. The third-order valence-corrected chi connectivity index (χ3v) is 6.28. The van der Waals surface area contributed by atoms with E-state index in [4.69, 9.17) is 18.9 Å². The molecule has 0 fully saturated rings. The largest absolute Gasteiger partial charge is 0.484 e. The van der Waals surface area contributed by atoms with Crippen LogP contribution in [0, 0.1) is 5.92 Å². The third kappa shape index (κ3) is 16.7. The lowest BCUT2D eigenvalue weighted by Gasteiger charge is -2.24. The number of benzene rings is 1. The van der Waals surface area contributed by atoms with Gasteiger partial charge in [-0.25, -0.2) is 0 Å². The van der Waals surface area contributed by atoms with Crippen molar-refractivity contribution < 1.29 is 38.1 Å². The Hall–Kier alpha value is -3.38. The van der Waals surface area contributed by atoms with Crippen LogP contribution in [-0.4, -0.2) is 87.4 Å². The lowest BCUT2D eigenvalue weighted by atomic mass is 10.1. The summed E-state index contributed by atoms with van der Waals surface area (Å²) in [5.74, 6) is -0.927. The number of carbonyl (C=O) groups excluding carboxylic acids is 4. The van der Waals surface area contributed by atoms with E-state index in [1.54, 1.807) is 13.8 Å². The van der Waals surface area contributed by atoms with Crippen molar-refractivity contribution in [1.29, 1.82) is 0 Å². The average molecular weight is 609 g/mol. The number of carbonyl (C=O) groups is 4. The van der Waals surface area contributed by atoms with Crippen molar-refractivity contribution in [3.8, 4) is 11.5 Å². The summed E-state index contributed by atoms with van der Waals surface area (Å²) in [7, 11) is 0. The molecule has 1 aromatic rings. The molecule has 0 aliphatic carbocycles. The van der Waals surface area contributed by atoms with Crippen LogP contribution in [0.25, 0.3) is 0 Å². The second kappa shape index (κ2) is 19.0. The predicted molar refractivity (Wildman–Crippen MR) is 164 cm³/mol. The predicted octanol–water partition coefficient (Wildman–Crippen LogP) is 2.59. The van der Waals surface area contributed by atoms with Gasteiger partial charge in [-0.1, -0.05) is 13.8 Å². The van der Waals surface area contributed by atoms with Gasteiger partial charge in [0.15, 0.2) is 13.2 Å². The van der Waals surface area contributed by atoms with Gasteiger partial charge in [0.25, 0.3) is 17.7 Å². The van der Waals surface area contributed by atoms with Gasteiger partial charge in [-0.05, 0) is 66.5 Å². The van der Waals surface area contributed by atoms with Gasteiger partial charge in [0.05, 0.1) is 11.2 Å². The molecule has 0 saturated carbocycles. The van der Waals surface area contributed by atoms with Crippen LogP contribution in [0.3, 0.4) is 0 Å². The van der Waals surface area contributed by atoms with Gasteiger partial charge in [-0.2, -0.15) is 0 Å². The molecule has 0 aliphatic heterocycles. The van der Waals surface area contributed by atoms with Crippen molar-refractivity contribution in [2.75, 3.05) is 52.6 Å². The highest BCUT2D eigenvalue weighted by Crippen LogP contribution is 2.23. The minimum atomic E-state index is -0.431. The van der Waals surface area contributed by atoms with Crippen LogP contribution in [0.5, 0.6) is 11.5 Å². The molecule has 0 aliphatic rings. The molecule has 0 unspecified atom stereocenters. The van der Waals surface area contributed by atoms with Crippen LogP contribution in [0.1, 0.15) is 78.6 Å². The van der Waals surface area contributed by atoms with E-state index < -0.39 is 5.91 Å². The maximum Gasteiger partial charge on any atom is 0.257 e. The summed E-state index contributed by atoms with van der Waals surface area (Å²) >= 11 is 0. The van der Waals surface area contributed by atoms with Gasteiger partial charge in [0, 0.05) is 56.9 Å². The molecule has 0 aromatic heterocycles. The van der Waals surface area contributed by atoms with Crippen molar-refractivity contribution >= 4 is 23.6 Å². The fourth-order valence-corrected chi connectivity index (χ4v) is 3.87. The standard InChI is InChI=1S/C31H52N4O8/c1-9-42-30(5,6)11-13-32-26(36)20-40-24-17-23(29(39)35-16-15-34-28(38)22(3)4)18-25(19-24)41-21-27(37)33-14-12-31(7,8)43-10-2/h17-19,22H,9-16,20-21H2,1-8H3,(H,32,36)(H,33,37)(H,34,38)(H,35,39). The van der Waals surface area contributed by atoms with Gasteiger partial charge >= 0.3 is 0 Å². The monoisotopic (exact) mass is 608 g/mol. The number of hydrogen-bond donors (Lipinski definition) is 4. The van der Waals surface area contributed by atoms with E-state index in [-0.39, 0.29) is 78.2 Å². The van der Waals surface area contributed by atoms with Crippen molar-refractivity contribution in [1.82, 2.24) is 21.3 Å². The summed E-state index contributed by atoms with van der Waals surface area (Å²) < 4.78 is 22.6. The van der Waals surface area contributed by atoms with Crippen molar-refractivity contribution in [2.24, 2.45) is 5.92 Å². The molecule has 4 N–H and O–H groups in total. The highest BCUT2D eigenvalue weighted by Gasteiger charge is 2.19. The third-order valence-electron chi connectivity index (χ3n) is 6.28. The molecule has 1 aromatic carbocycles. The normalized spacial score (nSPS) is 11.6. The smallest absolute Gasteiger partial charge is 0.257 e. The van der Waals surface area contributed by atoms with Crippen LogP contribution in [0.2, 0.25) is 0 Å². The van der Waals surface area contributed by atoms with Gasteiger partial charge in [-0.15, -0.1) is 0 Å². The molecule has 0 bridgehead atoms. The Morgan fingerprint density at radius 2 is 1.12 bits per heavy atom. The van der Waals surface area contributed by atoms with Crippen LogP contribution in [0.15, 0.2) is 18.2 Å². The molecule has 0 radical (unpaired) electrons. The Balaban J connectivity index is 2.82. The first-order valence-electron chi connectivity index (χ1n) is 15.0. The zero-order chi connectivity index (χ0) is 32.5. The minimum Gasteiger partial charge on any atom is -0.484 e. The summed E-state index contributed by atoms with van der Waals surface area (Å²) in [4.78, 5) is 49.4. The fourth-order valence-electron chi connectivity index (χ4n) is 3.87. The molecule has 12 heteroatoms. The van der Waals surface area contributed by atoms with E-state index in [1.807, 2.05) is 41.5 Å². The second-order valence-corrected chi connectivity index (χ2v) is 11.6. The van der Waals surface area contributed by atoms with Crippen molar-refractivity contribution in [3.63, 3.8) is 0 Å². The molecule has 43 heavy (non-hydrogen) atoms. The van der Waals surface area contributed by atoms with Crippen LogP contribution < -0.4 is 30.7 Å². The Kier molecular flexibility index (Phi) is 16.6. The summed E-state index contributed by atoms with van der Waals surface area (Å²) in [6.45, 7) is 17.1. The molecular weight excluding hydrogens is 556 g/mol. The molecule has 4 amide bonds.